The summed E-state index contributed by atoms with van der Waals surface area (Å²) < 4.78 is 12.4. The number of para-hydroxylation sites is 10. The lowest BCUT2D eigenvalue weighted by molar-refractivity contribution is 0.103. The monoisotopic (exact) mass is 648 g/mol. The Morgan fingerprint density at radius 2 is 0.640 bits per heavy atom. The average molecular weight is 649 g/mol. The molecule has 0 spiro atoms. The Morgan fingerprint density at radius 1 is 0.340 bits per heavy atom. The molecule has 0 N–H and O–H groups in total. The van der Waals surface area contributed by atoms with Gasteiger partial charge in [-0.2, -0.15) is 0 Å². The van der Waals surface area contributed by atoms with E-state index in [-0.39, 0.29) is 11.6 Å². The molecule has 0 radical (unpaired) electrons. The zero-order chi connectivity index (χ0) is 33.6. The highest BCUT2D eigenvalue weighted by molar-refractivity contribution is 6.17. The number of fused-ring (bicyclic) bond motifs is 4. The van der Waals surface area contributed by atoms with Gasteiger partial charge in [-0.15, -0.1) is 0 Å². The van der Waals surface area contributed by atoms with Crippen LogP contribution in [0.1, 0.15) is 31.8 Å². The molecule has 0 saturated heterocycles. The van der Waals surface area contributed by atoms with Crippen molar-refractivity contribution < 1.29 is 19.1 Å². The minimum atomic E-state index is -0.193. The molecule has 2 aliphatic heterocycles. The zero-order valence-electron chi connectivity index (χ0n) is 26.7. The number of anilines is 6. The van der Waals surface area contributed by atoms with Crippen LogP contribution in [0.5, 0.6) is 23.0 Å². The molecule has 0 atom stereocenters. The lowest BCUT2D eigenvalue weighted by Gasteiger charge is -2.33. The molecule has 0 bridgehead atoms. The lowest BCUT2D eigenvalue weighted by atomic mass is 9.95. The first kappa shape index (κ1) is 29.2. The van der Waals surface area contributed by atoms with E-state index in [9.17, 15) is 9.59 Å². The zero-order valence-corrected chi connectivity index (χ0v) is 26.7. The first-order valence-electron chi connectivity index (χ1n) is 16.4. The first-order chi connectivity index (χ1) is 24.7. The molecule has 0 aliphatic carbocycles. The van der Waals surface area contributed by atoms with E-state index in [2.05, 4.69) is 9.80 Å². The van der Waals surface area contributed by atoms with Crippen LogP contribution in [0.4, 0.5) is 34.1 Å². The minimum Gasteiger partial charge on any atom is -0.453 e. The van der Waals surface area contributed by atoms with Crippen molar-refractivity contribution in [3.8, 4) is 23.0 Å². The topological polar surface area (TPSA) is 59.1 Å². The average Bonchev–Trinajstić information content (AvgIpc) is 3.18. The number of hydrogen-bond donors (Lipinski definition) is 0. The molecule has 0 unspecified atom stereocenters. The van der Waals surface area contributed by atoms with Gasteiger partial charge in [-0.3, -0.25) is 9.59 Å². The van der Waals surface area contributed by atoms with E-state index in [0.717, 1.165) is 22.7 Å². The first-order valence-corrected chi connectivity index (χ1v) is 16.4. The quantitative estimate of drug-likeness (QED) is 0.167. The van der Waals surface area contributed by atoms with E-state index in [1.807, 2.05) is 146 Å². The van der Waals surface area contributed by atoms with Gasteiger partial charge in [0.1, 0.15) is 0 Å². The number of rotatable bonds is 6. The maximum Gasteiger partial charge on any atom is 0.195 e. The molecule has 7 aromatic rings. The van der Waals surface area contributed by atoms with Gasteiger partial charge < -0.3 is 19.3 Å². The molecule has 2 heterocycles. The third kappa shape index (κ3) is 4.81. The Kier molecular flexibility index (Phi) is 6.99. The van der Waals surface area contributed by atoms with Crippen molar-refractivity contribution in [3.05, 3.63) is 192 Å². The summed E-state index contributed by atoms with van der Waals surface area (Å²) in [5, 5.41) is 0. The number of ether oxygens (including phenoxy) is 2. The van der Waals surface area contributed by atoms with Crippen LogP contribution < -0.4 is 19.3 Å². The third-order valence-electron chi connectivity index (χ3n) is 9.03. The number of benzene rings is 7. The van der Waals surface area contributed by atoms with Crippen molar-refractivity contribution in [1.82, 2.24) is 0 Å². The van der Waals surface area contributed by atoms with Crippen LogP contribution in [-0.4, -0.2) is 11.6 Å². The largest absolute Gasteiger partial charge is 0.453 e. The fourth-order valence-electron chi connectivity index (χ4n) is 6.76. The fourth-order valence-corrected chi connectivity index (χ4v) is 6.76. The van der Waals surface area contributed by atoms with Gasteiger partial charge in [-0.05, 0) is 78.9 Å². The number of hydrogen-bond acceptors (Lipinski definition) is 6. The maximum absolute atomic E-state index is 14.4. The van der Waals surface area contributed by atoms with Crippen LogP contribution in [0.25, 0.3) is 0 Å². The summed E-state index contributed by atoms with van der Waals surface area (Å²) in [6, 6.07) is 53.2. The molecular weight excluding hydrogens is 620 g/mol. The maximum atomic E-state index is 14.4. The Balaban J connectivity index is 1.11. The van der Waals surface area contributed by atoms with Gasteiger partial charge in [0.05, 0.1) is 34.1 Å². The van der Waals surface area contributed by atoms with Gasteiger partial charge in [0.15, 0.2) is 34.6 Å². The summed E-state index contributed by atoms with van der Waals surface area (Å²) in [7, 11) is 0. The molecule has 2 aliphatic rings. The highest BCUT2D eigenvalue weighted by Crippen LogP contribution is 2.52. The molecule has 6 nitrogen and oxygen atoms in total. The van der Waals surface area contributed by atoms with Gasteiger partial charge in [0, 0.05) is 22.3 Å². The molecular formula is C44H28N2O4. The Morgan fingerprint density at radius 3 is 1.00 bits per heavy atom. The molecule has 50 heavy (non-hydrogen) atoms. The summed E-state index contributed by atoms with van der Waals surface area (Å²) in [6.45, 7) is 0. The molecule has 0 amide bonds. The molecule has 9 rings (SSSR count). The summed E-state index contributed by atoms with van der Waals surface area (Å²) in [6.07, 6.45) is 0. The van der Waals surface area contributed by atoms with E-state index < -0.39 is 0 Å². The number of nitrogens with zero attached hydrogens (tertiary/aromatic N) is 2. The second-order valence-corrected chi connectivity index (χ2v) is 12.0. The minimum absolute atomic E-state index is 0.193. The van der Waals surface area contributed by atoms with E-state index in [0.29, 0.717) is 56.6 Å². The van der Waals surface area contributed by atoms with Crippen molar-refractivity contribution in [2.45, 2.75) is 0 Å². The van der Waals surface area contributed by atoms with Crippen molar-refractivity contribution in [2.75, 3.05) is 9.80 Å². The Hall–Kier alpha value is -6.92. The van der Waals surface area contributed by atoms with Gasteiger partial charge in [-0.1, -0.05) is 91.0 Å². The smallest absolute Gasteiger partial charge is 0.195 e. The fraction of sp³-hybridized carbons (Fsp3) is 0. The normalized spacial score (nSPS) is 12.4. The van der Waals surface area contributed by atoms with Gasteiger partial charge in [0.25, 0.3) is 0 Å². The van der Waals surface area contributed by atoms with Crippen LogP contribution in [0, 0.1) is 0 Å². The number of carbonyl (C=O) groups is 2. The second-order valence-electron chi connectivity index (χ2n) is 12.0. The number of ketones is 2. The van der Waals surface area contributed by atoms with Crippen LogP contribution in [-0.2, 0) is 0 Å². The molecule has 6 heteroatoms. The molecule has 0 fully saturated rings. The Bertz CT molecular complexity index is 2210. The summed E-state index contributed by atoms with van der Waals surface area (Å²) in [4.78, 5) is 33.0. The SMILES string of the molecule is O=C(c1cccc(C(=O)c2ccccc2N2c3ccccc3Oc3ccccc32)c1)c1ccccc1N1c2ccccc2Oc2ccccc21. The van der Waals surface area contributed by atoms with E-state index in [1.165, 1.54) is 0 Å². The molecule has 7 aromatic carbocycles. The van der Waals surface area contributed by atoms with Crippen molar-refractivity contribution in [3.63, 3.8) is 0 Å². The third-order valence-corrected chi connectivity index (χ3v) is 9.03. The van der Waals surface area contributed by atoms with Crippen molar-refractivity contribution in [1.29, 1.82) is 0 Å². The van der Waals surface area contributed by atoms with Gasteiger partial charge in [-0.25, -0.2) is 0 Å². The number of carbonyl (C=O) groups excluding carboxylic acids is 2. The van der Waals surface area contributed by atoms with Crippen molar-refractivity contribution >= 4 is 45.7 Å². The predicted octanol–water partition coefficient (Wildman–Crippen LogP) is 11.3. The Labute approximate surface area is 289 Å². The van der Waals surface area contributed by atoms with Crippen LogP contribution in [0.3, 0.4) is 0 Å². The van der Waals surface area contributed by atoms with Crippen LogP contribution in [0.2, 0.25) is 0 Å². The lowest BCUT2D eigenvalue weighted by Crippen LogP contribution is -2.19. The highest BCUT2D eigenvalue weighted by Gasteiger charge is 2.30. The highest BCUT2D eigenvalue weighted by atomic mass is 16.5. The molecule has 238 valence electrons. The standard InChI is InChI=1S/C44H28N2O4/c47-43(31-16-1-3-18-33(31)45-35-20-5-9-24-39(35)49-40-25-10-6-21-36(40)45)29-14-13-15-30(28-29)44(48)32-17-2-4-19-34(32)46-37-22-7-11-26-41(37)50-42-27-12-8-23-38(42)46/h1-28H. The predicted molar refractivity (Wildman–Crippen MR) is 196 cm³/mol. The summed E-state index contributed by atoms with van der Waals surface area (Å²) in [5.41, 5.74) is 6.60. The molecule has 0 aromatic heterocycles. The van der Waals surface area contributed by atoms with Crippen molar-refractivity contribution in [2.24, 2.45) is 0 Å². The van der Waals surface area contributed by atoms with E-state index >= 15 is 0 Å². The van der Waals surface area contributed by atoms with Gasteiger partial charge >= 0.3 is 0 Å². The van der Waals surface area contributed by atoms with Crippen LogP contribution in [0.15, 0.2) is 170 Å². The summed E-state index contributed by atoms with van der Waals surface area (Å²) >= 11 is 0. The van der Waals surface area contributed by atoms with E-state index in [1.54, 1.807) is 24.3 Å². The molecule has 0 saturated carbocycles. The van der Waals surface area contributed by atoms with Gasteiger partial charge in [0.2, 0.25) is 0 Å². The second kappa shape index (κ2) is 12.0. The van der Waals surface area contributed by atoms with Crippen LogP contribution >= 0.6 is 0 Å². The van der Waals surface area contributed by atoms with E-state index in [4.69, 9.17) is 9.47 Å². The summed E-state index contributed by atoms with van der Waals surface area (Å²) in [5.74, 6) is 2.41.